The number of rotatable bonds is 24. The van der Waals surface area contributed by atoms with Crippen LogP contribution in [0.5, 0.6) is 46.0 Å². The Balaban J connectivity index is 1.08. The number of hydrogen-bond acceptors (Lipinski definition) is 18. The molecule has 0 spiro atoms. The van der Waals surface area contributed by atoms with E-state index in [-0.39, 0.29) is 209 Å². The summed E-state index contributed by atoms with van der Waals surface area (Å²) in [5.41, 5.74) is 1.27. The largest absolute Gasteiger partial charge is 0.461 e. The van der Waals surface area contributed by atoms with Crippen molar-refractivity contribution in [2.75, 3.05) is 78.7 Å². The number of ether oxygens (including phenoxy) is 6. The number of nitriles is 2. The second kappa shape index (κ2) is 30.6. The quantitative estimate of drug-likeness (QED) is 0.0136. The molecule has 4 aliphatic rings. The number of piperazine rings is 2. The second-order valence-electron chi connectivity index (χ2n) is 28.0. The highest BCUT2D eigenvalue weighted by Crippen LogP contribution is 2.58. The van der Waals surface area contributed by atoms with Gasteiger partial charge in [0.05, 0.1) is 58.7 Å². The maximum Gasteiger partial charge on any atom is 0.333 e. The molecular formula is C84H74N10O14. The Morgan fingerprint density at radius 1 is 0.435 bits per heavy atom. The average Bonchev–Trinajstić information content (AvgIpc) is 0.670. The highest BCUT2D eigenvalue weighted by Gasteiger charge is 2.48. The first-order valence-electron chi connectivity index (χ1n) is 35.4. The van der Waals surface area contributed by atoms with Crippen LogP contribution < -0.4 is 18.9 Å². The molecule has 2 unspecified atom stereocenters. The first-order valence-corrected chi connectivity index (χ1v) is 35.4. The van der Waals surface area contributed by atoms with E-state index in [1.54, 1.807) is 96.4 Å². The van der Waals surface area contributed by atoms with Gasteiger partial charge in [-0.15, -0.1) is 0 Å². The Bertz CT molecular complexity index is 4820. The predicted octanol–water partition coefficient (Wildman–Crippen LogP) is 14.3. The van der Waals surface area contributed by atoms with Gasteiger partial charge in [0.25, 0.3) is 23.6 Å². The Morgan fingerprint density at radius 3 is 0.963 bits per heavy atom. The topological polar surface area (TPSA) is 268 Å². The van der Waals surface area contributed by atoms with Crippen molar-refractivity contribution in [3.8, 4) is 58.1 Å². The number of amides is 6. The molecule has 24 heteroatoms. The Labute approximate surface area is 622 Å². The maximum atomic E-state index is 16.4. The zero-order valence-corrected chi connectivity index (χ0v) is 60.4. The van der Waals surface area contributed by atoms with Gasteiger partial charge in [0.15, 0.2) is 11.4 Å². The summed E-state index contributed by atoms with van der Waals surface area (Å²) in [7, 11) is 0. The maximum absolute atomic E-state index is 16.4. The summed E-state index contributed by atoms with van der Waals surface area (Å²) in [5.74, 6) is -5.57. The van der Waals surface area contributed by atoms with Crippen LogP contribution in [0, 0.1) is 47.6 Å². The Morgan fingerprint density at radius 2 is 0.713 bits per heavy atom. The van der Waals surface area contributed by atoms with Crippen LogP contribution in [0.25, 0.3) is 52.8 Å². The van der Waals surface area contributed by atoms with Crippen LogP contribution in [0.4, 0.5) is 11.4 Å². The van der Waals surface area contributed by atoms with Crippen molar-refractivity contribution in [2.45, 2.75) is 66.5 Å². The number of esters is 2. The summed E-state index contributed by atoms with van der Waals surface area (Å²) in [4.78, 5) is 138. The van der Waals surface area contributed by atoms with Crippen molar-refractivity contribution >= 4 is 102 Å². The molecular weight excluding hydrogens is 1370 g/mol. The molecule has 0 aliphatic carbocycles. The van der Waals surface area contributed by atoms with Crippen molar-refractivity contribution in [2.24, 2.45) is 11.8 Å². The van der Waals surface area contributed by atoms with Crippen molar-refractivity contribution in [1.29, 1.82) is 10.5 Å². The molecule has 0 bridgehead atoms. The van der Waals surface area contributed by atoms with Crippen LogP contribution in [0.2, 0.25) is 0 Å². The molecule has 13 rings (SSSR count). The van der Waals surface area contributed by atoms with Gasteiger partial charge in [-0.25, -0.2) is 19.3 Å². The molecule has 24 nitrogen and oxygen atoms in total. The lowest BCUT2D eigenvalue weighted by Crippen LogP contribution is -2.58. The van der Waals surface area contributed by atoms with Gasteiger partial charge >= 0.3 is 11.9 Å². The van der Waals surface area contributed by atoms with E-state index in [1.807, 2.05) is 37.5 Å². The second-order valence-corrected chi connectivity index (χ2v) is 28.0. The van der Waals surface area contributed by atoms with Gasteiger partial charge in [0, 0.05) is 120 Å². The van der Waals surface area contributed by atoms with Crippen LogP contribution in [0.15, 0.2) is 146 Å². The molecule has 2 atom stereocenters. The number of hydrogen-bond donors (Lipinski definition) is 0. The molecule has 2 saturated heterocycles. The van der Waals surface area contributed by atoms with Crippen LogP contribution in [0.1, 0.15) is 107 Å². The van der Waals surface area contributed by atoms with Gasteiger partial charge < -0.3 is 38.2 Å². The fraction of sp³-hybridized carbons (Fsp3) is 0.286. The molecule has 0 N–H and O–H groups in total. The van der Waals surface area contributed by atoms with Crippen molar-refractivity contribution in [3.05, 3.63) is 202 Å². The summed E-state index contributed by atoms with van der Waals surface area (Å²) in [6.45, 7) is 37.0. The van der Waals surface area contributed by atoms with E-state index in [2.05, 4.69) is 35.0 Å². The predicted molar refractivity (Wildman–Crippen MR) is 401 cm³/mol. The first-order chi connectivity index (χ1) is 52.0. The smallest absolute Gasteiger partial charge is 0.333 e. The zero-order valence-electron chi connectivity index (χ0n) is 60.4. The minimum absolute atomic E-state index is 0.0387. The van der Waals surface area contributed by atoms with E-state index in [0.717, 1.165) is 9.80 Å². The molecule has 544 valence electrons. The summed E-state index contributed by atoms with van der Waals surface area (Å²) < 4.78 is 39.2. The summed E-state index contributed by atoms with van der Waals surface area (Å²) in [5, 5.41) is 21.1. The number of fused-ring (bicyclic) bond motifs is 2. The third kappa shape index (κ3) is 14.3. The fourth-order valence-corrected chi connectivity index (χ4v) is 14.4. The lowest BCUT2D eigenvalue weighted by atomic mass is 9.80. The minimum atomic E-state index is -1.37. The number of carbonyl (C=O) groups is 8. The van der Waals surface area contributed by atoms with E-state index in [9.17, 15) is 20.1 Å². The lowest BCUT2D eigenvalue weighted by molar-refractivity contribution is -0.141. The molecule has 9 aromatic rings. The van der Waals surface area contributed by atoms with E-state index in [4.69, 9.17) is 41.6 Å². The molecule has 6 amide bonds. The Kier molecular flexibility index (Phi) is 20.8. The van der Waals surface area contributed by atoms with Crippen molar-refractivity contribution in [1.82, 2.24) is 29.4 Å². The summed E-state index contributed by atoms with van der Waals surface area (Å²) in [6.07, 6.45) is 0.0775. The first kappa shape index (κ1) is 73.3. The monoisotopic (exact) mass is 1450 g/mol. The molecule has 2 fully saturated rings. The van der Waals surface area contributed by atoms with Gasteiger partial charge in [-0.2, -0.15) is 10.5 Å². The van der Waals surface area contributed by atoms with Crippen LogP contribution in [0.3, 0.4) is 0 Å². The van der Waals surface area contributed by atoms with E-state index < -0.39 is 59.5 Å². The summed E-state index contributed by atoms with van der Waals surface area (Å²) in [6, 6.07) is 32.2. The molecule has 4 heterocycles. The van der Waals surface area contributed by atoms with Gasteiger partial charge in [0.2, 0.25) is 11.8 Å². The van der Waals surface area contributed by atoms with E-state index in [0.29, 0.717) is 39.3 Å². The third-order valence-corrected chi connectivity index (χ3v) is 19.7. The van der Waals surface area contributed by atoms with E-state index in [1.165, 1.54) is 48.5 Å². The van der Waals surface area contributed by atoms with Gasteiger partial charge in [-0.05, 0) is 136 Å². The minimum Gasteiger partial charge on any atom is -0.461 e. The Hall–Kier alpha value is -13.0. The van der Waals surface area contributed by atoms with Crippen LogP contribution in [-0.4, -0.2) is 168 Å². The number of imide groups is 2. The lowest BCUT2D eigenvalue weighted by Gasteiger charge is -2.40. The number of nitrogens with zero attached hydrogens (tertiary/aromatic N) is 10. The van der Waals surface area contributed by atoms with Gasteiger partial charge in [-0.1, -0.05) is 65.1 Å². The molecule has 108 heavy (non-hydrogen) atoms. The van der Waals surface area contributed by atoms with Crippen LogP contribution in [-0.2, 0) is 28.7 Å². The standard InChI is InChI=1S/C84H74N10O14/c1-47(2)39-63(81(99)91-31-27-89(28-32-91)35-37-103-83(101)49(5)6)93-77(95)59-41-65(105-55-19-11-51(45-85)12-20-55)71-72-66(106-56-21-13-52(46-86)14-22-56)42-60-70-62(80(98)94(78(60)96)64(40-48(3)4)82(100)92-33-29-90(30-34-92)36-38-104-84(102)50(7)8)44-68(108-58-25-17-54(88-10)18-26-58)74(76(70)72)73-67(43-61(79(93)97)69(59)75(71)73)107-57-23-15-53(87-9)16-24-57/h11-26,41-44,47-48,63-64H,5,7,27-40H2,1-4,6,8H3. The normalized spacial score (nSPS) is 15.1. The molecule has 0 saturated carbocycles. The molecule has 4 aliphatic heterocycles. The van der Waals surface area contributed by atoms with Crippen molar-refractivity contribution < 1.29 is 66.8 Å². The summed E-state index contributed by atoms with van der Waals surface area (Å²) >= 11 is 0. The SMILES string of the molecule is [C-]#[N+]c1ccc(Oc2cc3c4c(cc(Oc5ccc(C#N)cc5)c5c6c(Oc7ccc(C#N)cc7)cc7c8c(cc(Oc9ccc([N+]#[C-])cc9)c(c2c45)c86)C(=O)N(C(CC(C)C)C(=O)N2CCN(CCOC(=O)C(=C)C)CC2)C7=O)C(=O)N(C(CC(C)C)C(=O)N2CCN(CCOC(=O)C(=C)C)CC2)C3=O)cc1. The van der Waals surface area contributed by atoms with E-state index >= 15 is 28.8 Å². The molecule has 9 aromatic carbocycles. The van der Waals surface area contributed by atoms with Gasteiger partial charge in [-0.3, -0.25) is 48.4 Å². The van der Waals surface area contributed by atoms with Crippen LogP contribution >= 0.6 is 0 Å². The third-order valence-electron chi connectivity index (χ3n) is 19.7. The highest BCUT2D eigenvalue weighted by molar-refractivity contribution is 6.45. The average molecular weight is 1450 g/mol. The molecule has 0 radical (unpaired) electrons. The zero-order chi connectivity index (χ0) is 76.5. The number of benzene rings is 9. The van der Waals surface area contributed by atoms with Gasteiger partial charge in [0.1, 0.15) is 71.3 Å². The fourth-order valence-electron chi connectivity index (χ4n) is 14.4. The van der Waals surface area contributed by atoms with Crippen molar-refractivity contribution in [3.63, 3.8) is 0 Å². The number of carbonyl (C=O) groups excluding carboxylic acids is 8. The highest BCUT2D eigenvalue weighted by atomic mass is 16.5. The molecule has 0 aromatic heterocycles.